The SMILES string of the molecule is CCN1CC(c2ccc(-c3cc(Cl)c4cn(C(C(=O)Nc5nccs5)c5ncn6c5CC(F)C6)nc4c3Cl)cc2)C1. The predicted octanol–water partition coefficient (Wildman–Crippen LogP) is 6.20. The molecule has 1 amide bonds. The number of amides is 1. The monoisotopic (exact) mass is 609 g/mol. The Kier molecular flexibility index (Phi) is 6.81. The van der Waals surface area contributed by atoms with E-state index in [1.54, 1.807) is 28.7 Å². The molecule has 2 aromatic carbocycles. The van der Waals surface area contributed by atoms with E-state index in [9.17, 15) is 9.18 Å². The first-order valence-electron chi connectivity index (χ1n) is 13.5. The van der Waals surface area contributed by atoms with Gasteiger partial charge in [0.1, 0.15) is 11.7 Å². The van der Waals surface area contributed by atoms with Crippen LogP contribution in [-0.4, -0.2) is 60.9 Å². The van der Waals surface area contributed by atoms with E-state index in [4.69, 9.17) is 28.3 Å². The van der Waals surface area contributed by atoms with Crippen molar-refractivity contribution in [1.29, 1.82) is 0 Å². The van der Waals surface area contributed by atoms with Crippen molar-refractivity contribution in [2.45, 2.75) is 38.0 Å². The number of benzene rings is 2. The molecular formula is C29H26Cl2FN7OS. The maximum atomic E-state index is 14.3. The fraction of sp³-hybridized carbons (Fsp3) is 0.310. The van der Waals surface area contributed by atoms with Gasteiger partial charge in [-0.3, -0.25) is 14.8 Å². The second-order valence-corrected chi connectivity index (χ2v) is 12.2. The summed E-state index contributed by atoms with van der Waals surface area (Å²) in [5.74, 6) is 0.156. The zero-order chi connectivity index (χ0) is 28.2. The Bertz CT molecular complexity index is 1750. The van der Waals surface area contributed by atoms with E-state index in [0.29, 0.717) is 43.4 Å². The number of thiazole rings is 1. The average Bonchev–Trinajstić information content (AvgIpc) is 3.73. The van der Waals surface area contributed by atoms with E-state index in [-0.39, 0.29) is 13.0 Å². The maximum absolute atomic E-state index is 14.3. The summed E-state index contributed by atoms with van der Waals surface area (Å²) in [5.41, 5.74) is 4.58. The Hall–Kier alpha value is -3.31. The van der Waals surface area contributed by atoms with E-state index < -0.39 is 18.1 Å². The number of hydrogen-bond donors (Lipinski definition) is 1. The van der Waals surface area contributed by atoms with Crippen molar-refractivity contribution < 1.29 is 9.18 Å². The maximum Gasteiger partial charge on any atom is 0.257 e. The summed E-state index contributed by atoms with van der Waals surface area (Å²) in [4.78, 5) is 24.8. The standard InChI is InChI=1S/C29H26Cl2FN7OS/c1-2-37-11-18(12-37)16-3-5-17(6-4-16)20-10-22(30)21-14-39(36-25(21)24(20)31)27(28(40)35-29-33-7-8-41-29)26-23-9-19(32)13-38(23)15-34-26/h3-8,10,14-15,18-19,27H,2,9,11-13H2,1H3,(H,33,35,40). The molecular weight excluding hydrogens is 584 g/mol. The lowest BCUT2D eigenvalue weighted by Gasteiger charge is -2.38. The molecule has 7 rings (SSSR count). The molecule has 1 N–H and O–H groups in total. The van der Waals surface area contributed by atoms with Crippen LogP contribution in [0, 0.1) is 0 Å². The Labute approximate surface area is 249 Å². The summed E-state index contributed by atoms with van der Waals surface area (Å²) in [6, 6.07) is 9.29. The Morgan fingerprint density at radius 2 is 2.00 bits per heavy atom. The number of fused-ring (bicyclic) bond motifs is 2. The topological polar surface area (TPSA) is 80.9 Å². The van der Waals surface area contributed by atoms with Crippen LogP contribution >= 0.6 is 34.5 Å². The molecule has 210 valence electrons. The number of rotatable bonds is 7. The van der Waals surface area contributed by atoms with E-state index >= 15 is 0 Å². The summed E-state index contributed by atoms with van der Waals surface area (Å²) in [7, 11) is 0. The average molecular weight is 611 g/mol. The number of anilines is 1. The number of likely N-dealkylation sites (N-methyl/N-ethyl adjacent to an activating group) is 1. The van der Waals surface area contributed by atoms with Crippen LogP contribution in [0.3, 0.4) is 0 Å². The molecule has 41 heavy (non-hydrogen) atoms. The highest BCUT2D eigenvalue weighted by atomic mass is 35.5. The third kappa shape index (κ3) is 4.72. The second kappa shape index (κ2) is 10.5. The molecule has 2 unspecified atom stereocenters. The summed E-state index contributed by atoms with van der Waals surface area (Å²) in [6.07, 6.45) is 4.03. The molecule has 1 saturated heterocycles. The van der Waals surface area contributed by atoms with Gasteiger partial charge in [0.2, 0.25) is 0 Å². The minimum Gasteiger partial charge on any atom is -0.331 e. The van der Waals surface area contributed by atoms with Crippen LogP contribution < -0.4 is 5.32 Å². The van der Waals surface area contributed by atoms with Crippen molar-refractivity contribution in [2.24, 2.45) is 0 Å². The molecule has 2 aliphatic heterocycles. The van der Waals surface area contributed by atoms with Gasteiger partial charge in [-0.15, -0.1) is 11.3 Å². The third-order valence-electron chi connectivity index (χ3n) is 8.02. The number of likely N-dealkylation sites (tertiary alicyclic amines) is 1. The first-order valence-corrected chi connectivity index (χ1v) is 15.1. The van der Waals surface area contributed by atoms with Crippen molar-refractivity contribution in [3.63, 3.8) is 0 Å². The lowest BCUT2D eigenvalue weighted by atomic mass is 9.90. The Morgan fingerprint density at radius 3 is 2.73 bits per heavy atom. The zero-order valence-electron chi connectivity index (χ0n) is 22.1. The summed E-state index contributed by atoms with van der Waals surface area (Å²) < 4.78 is 17.6. The van der Waals surface area contributed by atoms with Gasteiger partial charge in [-0.1, -0.05) is 54.4 Å². The molecule has 0 aliphatic carbocycles. The Balaban J connectivity index is 1.27. The van der Waals surface area contributed by atoms with Crippen molar-refractivity contribution in [2.75, 3.05) is 25.0 Å². The van der Waals surface area contributed by atoms with Crippen LogP contribution in [0.5, 0.6) is 0 Å². The number of hydrogen-bond acceptors (Lipinski definition) is 6. The van der Waals surface area contributed by atoms with Crippen LogP contribution in [0.1, 0.15) is 35.8 Å². The lowest BCUT2D eigenvalue weighted by molar-refractivity contribution is -0.118. The third-order valence-corrected chi connectivity index (χ3v) is 9.41. The molecule has 12 heteroatoms. The molecule has 8 nitrogen and oxygen atoms in total. The quantitative estimate of drug-likeness (QED) is 0.237. The molecule has 0 spiro atoms. The minimum absolute atomic E-state index is 0.177. The number of halogens is 3. The highest BCUT2D eigenvalue weighted by molar-refractivity contribution is 7.13. The molecule has 5 aromatic rings. The number of nitrogens with one attached hydrogen (secondary N) is 1. The number of imidazole rings is 1. The van der Waals surface area contributed by atoms with Gasteiger partial charge < -0.3 is 9.47 Å². The first-order chi connectivity index (χ1) is 19.9. The minimum atomic E-state index is -1.03. The molecule has 2 atom stereocenters. The van der Waals surface area contributed by atoms with Gasteiger partial charge in [-0.25, -0.2) is 14.4 Å². The van der Waals surface area contributed by atoms with Crippen LogP contribution in [0.15, 0.2) is 54.4 Å². The fourth-order valence-electron chi connectivity index (χ4n) is 5.79. The summed E-state index contributed by atoms with van der Waals surface area (Å²) >= 11 is 15.0. The number of carbonyl (C=O) groups is 1. The highest BCUT2D eigenvalue weighted by Crippen LogP contribution is 2.40. The normalized spacial score (nSPS) is 18.0. The fourth-order valence-corrected chi connectivity index (χ4v) is 6.87. The summed E-state index contributed by atoms with van der Waals surface area (Å²) in [6.45, 7) is 5.62. The number of carbonyl (C=O) groups excluding carboxylic acids is 1. The second-order valence-electron chi connectivity index (χ2n) is 10.5. The van der Waals surface area contributed by atoms with Gasteiger partial charge in [-0.2, -0.15) is 5.10 Å². The first kappa shape index (κ1) is 26.6. The Morgan fingerprint density at radius 1 is 1.20 bits per heavy atom. The summed E-state index contributed by atoms with van der Waals surface area (Å²) in [5, 5.41) is 11.3. The molecule has 5 heterocycles. The van der Waals surface area contributed by atoms with E-state index in [1.807, 2.05) is 6.07 Å². The smallest absolute Gasteiger partial charge is 0.257 e. The van der Waals surface area contributed by atoms with Gasteiger partial charge in [0, 0.05) is 59.8 Å². The number of aromatic nitrogens is 5. The molecule has 0 radical (unpaired) electrons. The van der Waals surface area contributed by atoms with Gasteiger partial charge in [0.15, 0.2) is 11.2 Å². The van der Waals surface area contributed by atoms with Crippen molar-refractivity contribution >= 4 is 56.5 Å². The van der Waals surface area contributed by atoms with Gasteiger partial charge >= 0.3 is 0 Å². The van der Waals surface area contributed by atoms with Crippen LogP contribution in [0.25, 0.3) is 22.0 Å². The van der Waals surface area contributed by atoms with Crippen molar-refractivity contribution in [3.05, 3.63) is 81.4 Å². The van der Waals surface area contributed by atoms with E-state index in [0.717, 1.165) is 30.8 Å². The van der Waals surface area contributed by atoms with Gasteiger partial charge in [0.25, 0.3) is 5.91 Å². The van der Waals surface area contributed by atoms with E-state index in [2.05, 4.69) is 51.4 Å². The highest BCUT2D eigenvalue weighted by Gasteiger charge is 2.35. The number of nitrogens with zero attached hydrogens (tertiary/aromatic N) is 6. The van der Waals surface area contributed by atoms with Crippen LogP contribution in [0.2, 0.25) is 10.0 Å². The molecule has 0 bridgehead atoms. The molecule has 1 fully saturated rings. The lowest BCUT2D eigenvalue weighted by Crippen LogP contribution is -2.44. The number of alkyl halides is 1. The van der Waals surface area contributed by atoms with Crippen molar-refractivity contribution in [3.8, 4) is 11.1 Å². The van der Waals surface area contributed by atoms with Crippen LogP contribution in [-0.2, 0) is 17.8 Å². The van der Waals surface area contributed by atoms with Crippen molar-refractivity contribution in [1.82, 2.24) is 29.2 Å². The molecule has 2 aliphatic rings. The predicted molar refractivity (Wildman–Crippen MR) is 160 cm³/mol. The molecule has 0 saturated carbocycles. The van der Waals surface area contributed by atoms with Gasteiger partial charge in [-0.05, 0) is 23.7 Å². The zero-order valence-corrected chi connectivity index (χ0v) is 24.4. The largest absolute Gasteiger partial charge is 0.331 e. The molecule has 3 aromatic heterocycles. The van der Waals surface area contributed by atoms with Gasteiger partial charge in [0.05, 0.1) is 28.6 Å². The van der Waals surface area contributed by atoms with E-state index in [1.165, 1.54) is 21.6 Å². The van der Waals surface area contributed by atoms with Crippen LogP contribution in [0.4, 0.5) is 9.52 Å².